The van der Waals surface area contributed by atoms with E-state index in [2.05, 4.69) is 31.7 Å². The van der Waals surface area contributed by atoms with Gasteiger partial charge in [0, 0.05) is 21.9 Å². The number of halogens is 1. The van der Waals surface area contributed by atoms with Gasteiger partial charge in [0.25, 0.3) is 11.5 Å². The van der Waals surface area contributed by atoms with Gasteiger partial charge in [0.05, 0.1) is 0 Å². The van der Waals surface area contributed by atoms with Crippen molar-refractivity contribution in [1.82, 2.24) is 9.78 Å². The first kappa shape index (κ1) is 18.5. The van der Waals surface area contributed by atoms with Crippen LogP contribution < -0.4 is 16.2 Å². The van der Waals surface area contributed by atoms with Gasteiger partial charge in [0.1, 0.15) is 12.2 Å². The Kier molecular flexibility index (Phi) is 5.77. The van der Waals surface area contributed by atoms with Crippen LogP contribution in [-0.4, -0.2) is 21.6 Å². The van der Waals surface area contributed by atoms with Crippen LogP contribution in [0, 0.1) is 0 Å². The molecule has 7 nitrogen and oxygen atoms in total. The maximum Gasteiger partial charge on any atom is 0.276 e. The predicted molar refractivity (Wildman–Crippen MR) is 106 cm³/mol. The molecule has 0 fully saturated rings. The molecule has 1 aromatic heterocycles. The lowest BCUT2D eigenvalue weighted by atomic mass is 10.3. The van der Waals surface area contributed by atoms with Crippen LogP contribution in [0.15, 0.2) is 76.0 Å². The molecule has 8 heteroatoms. The third kappa shape index (κ3) is 5.11. The lowest BCUT2D eigenvalue weighted by Gasteiger charge is -2.09. The van der Waals surface area contributed by atoms with Gasteiger partial charge in [-0.15, -0.1) is 0 Å². The van der Waals surface area contributed by atoms with E-state index in [4.69, 9.17) is 0 Å². The van der Waals surface area contributed by atoms with Gasteiger partial charge in [0.15, 0.2) is 0 Å². The lowest BCUT2D eigenvalue weighted by Crippen LogP contribution is -2.31. The van der Waals surface area contributed by atoms with E-state index in [9.17, 15) is 14.4 Å². The topological polar surface area (TPSA) is 93.1 Å². The number of hydrogen-bond donors (Lipinski definition) is 2. The molecule has 0 bridgehead atoms. The lowest BCUT2D eigenvalue weighted by molar-refractivity contribution is -0.117. The molecule has 0 saturated heterocycles. The minimum atomic E-state index is -0.476. The van der Waals surface area contributed by atoms with E-state index in [1.54, 1.807) is 42.5 Å². The molecule has 3 rings (SSSR count). The zero-order valence-electron chi connectivity index (χ0n) is 14.1. The van der Waals surface area contributed by atoms with Gasteiger partial charge in [0.2, 0.25) is 5.91 Å². The fourth-order valence-electron chi connectivity index (χ4n) is 2.30. The fraction of sp³-hybridized carbons (Fsp3) is 0.0526. The minimum absolute atomic E-state index is 0.0358. The third-order valence-corrected chi connectivity index (χ3v) is 4.03. The van der Waals surface area contributed by atoms with E-state index in [0.29, 0.717) is 11.4 Å². The van der Waals surface area contributed by atoms with Crippen molar-refractivity contribution < 1.29 is 9.59 Å². The van der Waals surface area contributed by atoms with Crippen LogP contribution in [0.2, 0.25) is 0 Å². The van der Waals surface area contributed by atoms with Crippen LogP contribution in [0.5, 0.6) is 0 Å². The molecule has 0 atom stereocenters. The summed E-state index contributed by atoms with van der Waals surface area (Å²) >= 11 is 3.32. The van der Waals surface area contributed by atoms with E-state index < -0.39 is 17.4 Å². The van der Waals surface area contributed by atoms with Gasteiger partial charge in [-0.3, -0.25) is 14.4 Å². The molecule has 0 radical (unpaired) electrons. The Morgan fingerprint density at radius 2 is 1.67 bits per heavy atom. The van der Waals surface area contributed by atoms with Crippen molar-refractivity contribution in [2.45, 2.75) is 6.54 Å². The van der Waals surface area contributed by atoms with Gasteiger partial charge in [-0.2, -0.15) is 5.10 Å². The smallest absolute Gasteiger partial charge is 0.276 e. The van der Waals surface area contributed by atoms with Gasteiger partial charge < -0.3 is 10.6 Å². The molecule has 0 saturated carbocycles. The van der Waals surface area contributed by atoms with E-state index in [0.717, 1.165) is 9.15 Å². The predicted octanol–water partition coefficient (Wildman–Crippen LogP) is 2.90. The van der Waals surface area contributed by atoms with Crippen molar-refractivity contribution in [1.29, 1.82) is 0 Å². The van der Waals surface area contributed by atoms with E-state index in [-0.39, 0.29) is 12.2 Å². The maximum absolute atomic E-state index is 12.3. The number of hydrogen-bond acceptors (Lipinski definition) is 4. The van der Waals surface area contributed by atoms with Crippen LogP contribution in [0.1, 0.15) is 10.5 Å². The summed E-state index contributed by atoms with van der Waals surface area (Å²) in [4.78, 5) is 36.5. The van der Waals surface area contributed by atoms with Crippen molar-refractivity contribution in [2.75, 3.05) is 10.6 Å². The first-order valence-electron chi connectivity index (χ1n) is 8.01. The number of rotatable bonds is 5. The number of para-hydroxylation sites is 1. The fourth-order valence-corrected chi connectivity index (χ4v) is 2.70. The average molecular weight is 427 g/mol. The average Bonchev–Trinajstić information content (AvgIpc) is 2.64. The molecule has 2 aromatic carbocycles. The Labute approximate surface area is 163 Å². The van der Waals surface area contributed by atoms with Gasteiger partial charge >= 0.3 is 0 Å². The highest BCUT2D eigenvalue weighted by molar-refractivity contribution is 9.10. The largest absolute Gasteiger partial charge is 0.324 e. The summed E-state index contributed by atoms with van der Waals surface area (Å²) in [5.41, 5.74) is 0.749. The van der Waals surface area contributed by atoms with E-state index in [1.807, 2.05) is 12.1 Å². The van der Waals surface area contributed by atoms with Crippen LogP contribution in [-0.2, 0) is 11.3 Å². The molecule has 0 spiro atoms. The van der Waals surface area contributed by atoms with Gasteiger partial charge in [-0.1, -0.05) is 40.2 Å². The highest BCUT2D eigenvalue weighted by Crippen LogP contribution is 2.15. The minimum Gasteiger partial charge on any atom is -0.324 e. The molecular weight excluding hydrogens is 412 g/mol. The first-order chi connectivity index (χ1) is 13.0. The molecule has 0 unspecified atom stereocenters. The number of nitrogens with zero attached hydrogens (tertiary/aromatic N) is 2. The van der Waals surface area contributed by atoms with Crippen molar-refractivity contribution in [3.8, 4) is 0 Å². The van der Waals surface area contributed by atoms with Crippen molar-refractivity contribution in [3.05, 3.63) is 87.3 Å². The van der Waals surface area contributed by atoms with Crippen LogP contribution in [0.3, 0.4) is 0 Å². The summed E-state index contributed by atoms with van der Waals surface area (Å²) < 4.78 is 1.77. The molecule has 27 heavy (non-hydrogen) atoms. The van der Waals surface area contributed by atoms with Crippen molar-refractivity contribution >= 4 is 39.1 Å². The number of carbonyl (C=O) groups excluding carboxylic acids is 2. The molecule has 0 aliphatic heterocycles. The number of carbonyl (C=O) groups is 2. The molecule has 0 aliphatic rings. The maximum atomic E-state index is 12.3. The highest BCUT2D eigenvalue weighted by Gasteiger charge is 2.12. The summed E-state index contributed by atoms with van der Waals surface area (Å²) in [6.45, 7) is -0.308. The van der Waals surface area contributed by atoms with Gasteiger partial charge in [-0.25, -0.2) is 4.68 Å². The Morgan fingerprint density at radius 3 is 2.41 bits per heavy atom. The molecule has 0 aliphatic carbocycles. The zero-order chi connectivity index (χ0) is 19.2. The standard InChI is InChI=1S/C19H15BrN4O3/c20-13-5-4-8-15(11-13)21-17(25)12-24-18(26)10-9-16(23-24)19(27)22-14-6-2-1-3-7-14/h1-11H,12H2,(H,21,25)(H,22,27). The number of benzene rings is 2. The number of amides is 2. The monoisotopic (exact) mass is 426 g/mol. The molecule has 136 valence electrons. The second kappa shape index (κ2) is 8.41. The summed E-state index contributed by atoms with van der Waals surface area (Å²) in [5.74, 6) is -0.898. The summed E-state index contributed by atoms with van der Waals surface area (Å²) in [5, 5.41) is 9.35. The Hall–Kier alpha value is -3.26. The third-order valence-electron chi connectivity index (χ3n) is 3.53. The summed E-state index contributed by atoms with van der Waals surface area (Å²) in [6.07, 6.45) is 0. The van der Waals surface area contributed by atoms with E-state index >= 15 is 0 Å². The van der Waals surface area contributed by atoms with E-state index in [1.165, 1.54) is 12.1 Å². The summed E-state index contributed by atoms with van der Waals surface area (Å²) in [6, 6.07) is 18.5. The number of aromatic nitrogens is 2. The number of anilines is 2. The molecule has 2 amide bonds. The highest BCUT2D eigenvalue weighted by atomic mass is 79.9. The second-order valence-electron chi connectivity index (χ2n) is 5.59. The molecule has 2 N–H and O–H groups in total. The molecular formula is C19H15BrN4O3. The van der Waals surface area contributed by atoms with Crippen LogP contribution >= 0.6 is 15.9 Å². The molecule has 1 heterocycles. The number of nitrogens with one attached hydrogen (secondary N) is 2. The van der Waals surface area contributed by atoms with Crippen LogP contribution in [0.25, 0.3) is 0 Å². The second-order valence-corrected chi connectivity index (χ2v) is 6.51. The Bertz CT molecular complexity index is 1030. The van der Waals surface area contributed by atoms with Crippen LogP contribution in [0.4, 0.5) is 11.4 Å². The first-order valence-corrected chi connectivity index (χ1v) is 8.80. The zero-order valence-corrected chi connectivity index (χ0v) is 15.6. The summed E-state index contributed by atoms with van der Waals surface area (Å²) in [7, 11) is 0. The van der Waals surface area contributed by atoms with Gasteiger partial charge in [-0.05, 0) is 36.4 Å². The quantitative estimate of drug-likeness (QED) is 0.655. The Morgan fingerprint density at radius 1 is 0.926 bits per heavy atom. The normalized spacial score (nSPS) is 10.3. The van der Waals surface area contributed by atoms with Crippen molar-refractivity contribution in [2.24, 2.45) is 0 Å². The SMILES string of the molecule is O=C(Cn1nc(C(=O)Nc2ccccc2)ccc1=O)Nc1cccc(Br)c1. The Balaban J connectivity index is 1.72. The molecule has 3 aromatic rings. The van der Waals surface area contributed by atoms with Crippen molar-refractivity contribution in [3.63, 3.8) is 0 Å².